The van der Waals surface area contributed by atoms with E-state index in [1.807, 2.05) is 13.8 Å². The fourth-order valence-electron chi connectivity index (χ4n) is 1.93. The molecule has 0 radical (unpaired) electrons. The number of ether oxygens (including phenoxy) is 1. The van der Waals surface area contributed by atoms with E-state index in [1.165, 1.54) is 0 Å². The zero-order valence-corrected chi connectivity index (χ0v) is 15.9. The van der Waals surface area contributed by atoms with E-state index >= 15 is 0 Å². The molecule has 0 aromatic carbocycles. The predicted molar refractivity (Wildman–Crippen MR) is 92.1 cm³/mol. The van der Waals surface area contributed by atoms with E-state index < -0.39 is 21.7 Å². The average molecular weight is 363 g/mol. The molecule has 0 aliphatic carbocycles. The summed E-state index contributed by atoms with van der Waals surface area (Å²) >= 11 is 1.15. The molecule has 0 unspecified atom stereocenters. The Bertz CT molecular complexity index is 589. The number of alkyl carbamates (subject to hydrolysis) is 1. The van der Waals surface area contributed by atoms with Crippen LogP contribution in [0.4, 0.5) is 4.79 Å². The minimum Gasteiger partial charge on any atom is -0.444 e. The lowest BCUT2D eigenvalue weighted by Crippen LogP contribution is -2.46. The lowest BCUT2D eigenvalue weighted by Gasteiger charge is -2.24. The van der Waals surface area contributed by atoms with Crippen LogP contribution in [0.25, 0.3) is 0 Å². The van der Waals surface area contributed by atoms with E-state index in [2.05, 4.69) is 10.0 Å². The van der Waals surface area contributed by atoms with Crippen LogP contribution in [0, 0.1) is 5.92 Å². The van der Waals surface area contributed by atoms with Crippen LogP contribution in [-0.4, -0.2) is 32.7 Å². The summed E-state index contributed by atoms with van der Waals surface area (Å²) in [5.41, 5.74) is -0.594. The van der Waals surface area contributed by atoms with Crippen molar-refractivity contribution >= 4 is 27.5 Å². The third-order valence-electron chi connectivity index (χ3n) is 2.76. The Hall–Kier alpha value is -1.12. The maximum atomic E-state index is 12.2. The van der Waals surface area contributed by atoms with Crippen LogP contribution in [0.15, 0.2) is 21.7 Å². The van der Waals surface area contributed by atoms with E-state index in [0.29, 0.717) is 12.3 Å². The van der Waals surface area contributed by atoms with Crippen LogP contribution in [-0.2, 0) is 14.8 Å². The van der Waals surface area contributed by atoms with Gasteiger partial charge in [0.15, 0.2) is 0 Å². The zero-order chi connectivity index (χ0) is 17.7. The molecule has 1 atom stereocenters. The number of sulfonamides is 1. The molecule has 1 rings (SSSR count). The van der Waals surface area contributed by atoms with Crippen molar-refractivity contribution in [3.05, 3.63) is 17.5 Å². The molecule has 0 saturated carbocycles. The lowest BCUT2D eigenvalue weighted by atomic mass is 10.0. The van der Waals surface area contributed by atoms with Gasteiger partial charge in [-0.25, -0.2) is 17.9 Å². The molecule has 0 aliphatic rings. The normalized spacial score (nSPS) is 13.8. The summed E-state index contributed by atoms with van der Waals surface area (Å²) in [5.74, 6) is 0.307. The fraction of sp³-hybridized carbons (Fsp3) is 0.667. The SMILES string of the molecule is CC(C)C[C@@H](CNS(=O)(=O)c1cccs1)NC(=O)OC(C)(C)C. The number of hydrogen-bond acceptors (Lipinski definition) is 5. The molecule has 8 heteroatoms. The van der Waals surface area contributed by atoms with Crippen molar-refractivity contribution in [3.8, 4) is 0 Å². The molecule has 2 N–H and O–H groups in total. The first-order chi connectivity index (χ1) is 10.5. The highest BCUT2D eigenvalue weighted by Gasteiger charge is 2.22. The Labute approximate surface area is 142 Å². The van der Waals surface area contributed by atoms with Crippen LogP contribution in [0.5, 0.6) is 0 Å². The topological polar surface area (TPSA) is 84.5 Å². The zero-order valence-electron chi connectivity index (χ0n) is 14.3. The Morgan fingerprint density at radius 2 is 2.00 bits per heavy atom. The van der Waals surface area contributed by atoms with Gasteiger partial charge in [0.1, 0.15) is 9.81 Å². The first kappa shape index (κ1) is 19.9. The molecular formula is C15H26N2O4S2. The highest BCUT2D eigenvalue weighted by molar-refractivity contribution is 7.91. The molecule has 6 nitrogen and oxygen atoms in total. The molecule has 132 valence electrons. The average Bonchev–Trinajstić information content (AvgIpc) is 2.87. The van der Waals surface area contributed by atoms with Crippen LogP contribution in [0.1, 0.15) is 41.0 Å². The number of carbonyl (C=O) groups excluding carboxylic acids is 1. The van der Waals surface area contributed by atoms with E-state index in [4.69, 9.17) is 4.74 Å². The molecule has 1 heterocycles. The van der Waals surface area contributed by atoms with Crippen LogP contribution in [0.3, 0.4) is 0 Å². The second-order valence-electron chi connectivity index (χ2n) is 6.76. The standard InChI is InChI=1S/C15H26N2O4S2/c1-11(2)9-12(17-14(18)21-15(3,4)5)10-16-23(19,20)13-7-6-8-22-13/h6-8,11-12,16H,9-10H2,1-5H3,(H,17,18)/t12-/m0/s1. The number of hydrogen-bond donors (Lipinski definition) is 2. The van der Waals surface area contributed by atoms with Gasteiger partial charge in [0.05, 0.1) is 0 Å². The highest BCUT2D eigenvalue weighted by atomic mass is 32.2. The van der Waals surface area contributed by atoms with Gasteiger partial charge < -0.3 is 10.1 Å². The summed E-state index contributed by atoms with van der Waals surface area (Å²) in [6.07, 6.45) is 0.102. The summed E-state index contributed by atoms with van der Waals surface area (Å²) in [5, 5.41) is 4.45. The molecule has 23 heavy (non-hydrogen) atoms. The van der Waals surface area contributed by atoms with Crippen LogP contribution >= 0.6 is 11.3 Å². The molecule has 1 aromatic heterocycles. The molecule has 1 aromatic rings. The maximum Gasteiger partial charge on any atom is 0.407 e. The van der Waals surface area contributed by atoms with E-state index in [9.17, 15) is 13.2 Å². The number of carbonyl (C=O) groups is 1. The monoisotopic (exact) mass is 362 g/mol. The Morgan fingerprint density at radius 1 is 1.35 bits per heavy atom. The van der Waals surface area contributed by atoms with Gasteiger partial charge in [0, 0.05) is 12.6 Å². The van der Waals surface area contributed by atoms with Gasteiger partial charge in [-0.2, -0.15) is 0 Å². The van der Waals surface area contributed by atoms with Gasteiger partial charge in [-0.05, 0) is 44.6 Å². The van der Waals surface area contributed by atoms with Crippen molar-refractivity contribution in [2.45, 2.75) is 56.9 Å². The second-order valence-corrected chi connectivity index (χ2v) is 9.70. The van der Waals surface area contributed by atoms with E-state index in [0.717, 1.165) is 11.3 Å². The Morgan fingerprint density at radius 3 is 2.48 bits per heavy atom. The first-order valence-corrected chi connectivity index (χ1v) is 9.88. The summed E-state index contributed by atoms with van der Waals surface area (Å²) in [7, 11) is -3.54. The van der Waals surface area contributed by atoms with Crippen LogP contribution in [0.2, 0.25) is 0 Å². The molecule has 0 saturated heterocycles. The first-order valence-electron chi connectivity index (χ1n) is 7.52. The molecule has 0 aliphatic heterocycles. The third-order valence-corrected chi connectivity index (χ3v) is 5.58. The summed E-state index contributed by atoms with van der Waals surface area (Å²) < 4.78 is 32.3. The van der Waals surface area contributed by atoms with Gasteiger partial charge in [-0.15, -0.1) is 11.3 Å². The van der Waals surface area contributed by atoms with Gasteiger partial charge in [0.2, 0.25) is 10.0 Å². The largest absolute Gasteiger partial charge is 0.444 e. The van der Waals surface area contributed by atoms with Crippen molar-refractivity contribution in [2.24, 2.45) is 5.92 Å². The summed E-state index contributed by atoms with van der Waals surface area (Å²) in [6, 6.07) is 2.90. The number of amides is 1. The van der Waals surface area contributed by atoms with Crippen molar-refractivity contribution in [1.29, 1.82) is 0 Å². The minimum atomic E-state index is -3.54. The number of thiophene rings is 1. The second kappa shape index (κ2) is 8.12. The Kier molecular flexibility index (Phi) is 7.03. The molecule has 0 spiro atoms. The maximum absolute atomic E-state index is 12.2. The van der Waals surface area contributed by atoms with Gasteiger partial charge >= 0.3 is 6.09 Å². The third kappa shape index (κ3) is 7.81. The quantitative estimate of drug-likeness (QED) is 0.781. The van der Waals surface area contributed by atoms with Crippen molar-refractivity contribution in [1.82, 2.24) is 10.0 Å². The molecular weight excluding hydrogens is 336 g/mol. The lowest BCUT2D eigenvalue weighted by molar-refractivity contribution is 0.0499. The molecule has 1 amide bonds. The predicted octanol–water partition coefficient (Wildman–Crippen LogP) is 2.97. The number of rotatable bonds is 7. The van der Waals surface area contributed by atoms with Gasteiger partial charge in [-0.1, -0.05) is 19.9 Å². The van der Waals surface area contributed by atoms with E-state index in [1.54, 1.807) is 38.3 Å². The Balaban J connectivity index is 2.66. The summed E-state index contributed by atoms with van der Waals surface area (Å²) in [4.78, 5) is 11.9. The molecule has 0 bridgehead atoms. The fourth-order valence-corrected chi connectivity index (χ4v) is 4.05. The molecule has 0 fully saturated rings. The van der Waals surface area contributed by atoms with Crippen LogP contribution < -0.4 is 10.0 Å². The van der Waals surface area contributed by atoms with Gasteiger partial charge in [-0.3, -0.25) is 0 Å². The smallest absolute Gasteiger partial charge is 0.407 e. The van der Waals surface area contributed by atoms with Crippen molar-refractivity contribution in [3.63, 3.8) is 0 Å². The minimum absolute atomic E-state index is 0.123. The summed E-state index contributed by atoms with van der Waals surface area (Å²) in [6.45, 7) is 9.49. The van der Waals surface area contributed by atoms with E-state index in [-0.39, 0.29) is 16.8 Å². The number of nitrogens with one attached hydrogen (secondary N) is 2. The highest BCUT2D eigenvalue weighted by Crippen LogP contribution is 2.16. The van der Waals surface area contributed by atoms with Crippen molar-refractivity contribution in [2.75, 3.05) is 6.54 Å². The van der Waals surface area contributed by atoms with Crippen molar-refractivity contribution < 1.29 is 17.9 Å². The van der Waals surface area contributed by atoms with Gasteiger partial charge in [0.25, 0.3) is 0 Å².